The van der Waals surface area contributed by atoms with Crippen LogP contribution in [0.2, 0.25) is 0 Å². The van der Waals surface area contributed by atoms with Crippen LogP contribution in [0.15, 0.2) is 0 Å². The molecule has 0 spiro atoms. The molecule has 1 aromatic heterocycles. The number of nitrogens with zero attached hydrogens (tertiary/aromatic N) is 4. The highest BCUT2D eigenvalue weighted by atomic mass is 15.6. The number of aromatic nitrogens is 4. The van der Waals surface area contributed by atoms with Gasteiger partial charge in [0.2, 0.25) is 0 Å². The van der Waals surface area contributed by atoms with Crippen LogP contribution in [0.5, 0.6) is 0 Å². The Kier molecular flexibility index (Phi) is 1.89. The third-order valence-electron chi connectivity index (χ3n) is 2.46. The molecule has 0 unspecified atom stereocenters. The number of rotatable bonds is 2. The van der Waals surface area contributed by atoms with Crippen LogP contribution in [0.3, 0.4) is 0 Å². The minimum atomic E-state index is -0.101. The van der Waals surface area contributed by atoms with Crippen molar-refractivity contribution < 1.29 is 0 Å². The SMILES string of the molecule is CC(C)(C)n1nnc(CC2(N)CC2)n1. The van der Waals surface area contributed by atoms with Crippen LogP contribution in [-0.4, -0.2) is 25.7 Å². The molecule has 0 aliphatic heterocycles. The van der Waals surface area contributed by atoms with E-state index in [1.54, 1.807) is 4.80 Å². The molecule has 78 valence electrons. The van der Waals surface area contributed by atoms with Crippen molar-refractivity contribution >= 4 is 0 Å². The van der Waals surface area contributed by atoms with E-state index in [2.05, 4.69) is 15.4 Å². The normalized spacial score (nSPS) is 19.7. The van der Waals surface area contributed by atoms with Crippen LogP contribution < -0.4 is 5.73 Å². The van der Waals surface area contributed by atoms with Gasteiger partial charge in [-0.25, -0.2) is 0 Å². The van der Waals surface area contributed by atoms with Crippen LogP contribution in [0.4, 0.5) is 0 Å². The average Bonchev–Trinajstić information content (AvgIpc) is 2.61. The highest BCUT2D eigenvalue weighted by molar-refractivity contribution is 5.05. The molecule has 1 saturated carbocycles. The van der Waals surface area contributed by atoms with Crippen molar-refractivity contribution in [3.8, 4) is 0 Å². The minimum absolute atomic E-state index is 0.0360. The summed E-state index contributed by atoms with van der Waals surface area (Å²) in [7, 11) is 0. The molecule has 1 fully saturated rings. The van der Waals surface area contributed by atoms with Gasteiger partial charge in [-0.2, -0.15) is 4.80 Å². The molecule has 1 aliphatic rings. The summed E-state index contributed by atoms with van der Waals surface area (Å²) in [6.45, 7) is 6.15. The molecular formula is C9H17N5. The fraction of sp³-hybridized carbons (Fsp3) is 0.889. The molecule has 14 heavy (non-hydrogen) atoms. The summed E-state index contributed by atoms with van der Waals surface area (Å²) in [6, 6.07) is 0. The summed E-state index contributed by atoms with van der Waals surface area (Å²) in [6.07, 6.45) is 2.91. The van der Waals surface area contributed by atoms with E-state index in [-0.39, 0.29) is 11.1 Å². The van der Waals surface area contributed by atoms with Crippen molar-refractivity contribution in [3.63, 3.8) is 0 Å². The summed E-state index contributed by atoms with van der Waals surface area (Å²) in [5, 5.41) is 12.4. The number of hydrogen-bond donors (Lipinski definition) is 1. The number of nitrogens with two attached hydrogens (primary N) is 1. The van der Waals surface area contributed by atoms with Crippen LogP contribution in [0, 0.1) is 0 Å². The molecule has 1 heterocycles. The van der Waals surface area contributed by atoms with Crippen molar-refractivity contribution in [3.05, 3.63) is 5.82 Å². The second-order valence-corrected chi connectivity index (χ2v) is 5.21. The maximum Gasteiger partial charge on any atom is 0.176 e. The molecule has 5 nitrogen and oxygen atoms in total. The summed E-state index contributed by atoms with van der Waals surface area (Å²) < 4.78 is 0. The van der Waals surface area contributed by atoms with Crippen molar-refractivity contribution in [2.24, 2.45) is 5.73 Å². The largest absolute Gasteiger partial charge is 0.325 e. The molecule has 2 rings (SSSR count). The van der Waals surface area contributed by atoms with Crippen LogP contribution >= 0.6 is 0 Å². The Morgan fingerprint density at radius 2 is 2.07 bits per heavy atom. The molecule has 0 saturated heterocycles. The van der Waals surface area contributed by atoms with Crippen molar-refractivity contribution in [2.45, 2.75) is 51.1 Å². The molecule has 1 aromatic rings. The zero-order chi connectivity index (χ0) is 10.4. The molecule has 5 heteroatoms. The Morgan fingerprint density at radius 1 is 1.43 bits per heavy atom. The van der Waals surface area contributed by atoms with E-state index in [1.165, 1.54) is 0 Å². The highest BCUT2D eigenvalue weighted by Crippen LogP contribution is 2.34. The van der Waals surface area contributed by atoms with E-state index in [9.17, 15) is 0 Å². The number of hydrogen-bond acceptors (Lipinski definition) is 4. The second kappa shape index (κ2) is 2.76. The monoisotopic (exact) mass is 195 g/mol. The van der Waals surface area contributed by atoms with Crippen molar-refractivity contribution in [1.29, 1.82) is 0 Å². The molecule has 0 amide bonds. The minimum Gasteiger partial charge on any atom is -0.325 e. The van der Waals surface area contributed by atoms with Crippen LogP contribution in [0.25, 0.3) is 0 Å². The summed E-state index contributed by atoms with van der Waals surface area (Å²) in [5.74, 6) is 0.764. The Balaban J connectivity index is 2.10. The van der Waals surface area contributed by atoms with Gasteiger partial charge in [0.15, 0.2) is 5.82 Å². The molecule has 0 atom stereocenters. The topological polar surface area (TPSA) is 69.6 Å². The van der Waals surface area contributed by atoms with Crippen LogP contribution in [0.1, 0.15) is 39.4 Å². The van der Waals surface area contributed by atoms with Crippen molar-refractivity contribution in [1.82, 2.24) is 20.2 Å². The first-order chi connectivity index (χ1) is 6.39. The summed E-state index contributed by atoms with van der Waals surface area (Å²) in [5.41, 5.74) is 5.84. The Hall–Kier alpha value is -0.970. The highest BCUT2D eigenvalue weighted by Gasteiger charge is 2.39. The Labute approximate surface area is 83.7 Å². The van der Waals surface area contributed by atoms with E-state index in [0.29, 0.717) is 0 Å². The van der Waals surface area contributed by atoms with E-state index in [0.717, 1.165) is 25.1 Å². The third kappa shape index (κ3) is 1.92. The van der Waals surface area contributed by atoms with E-state index in [1.807, 2.05) is 20.8 Å². The lowest BCUT2D eigenvalue weighted by Gasteiger charge is -2.15. The fourth-order valence-corrected chi connectivity index (χ4v) is 1.25. The van der Waals surface area contributed by atoms with Gasteiger partial charge in [0.1, 0.15) is 0 Å². The van der Waals surface area contributed by atoms with E-state index < -0.39 is 0 Å². The maximum atomic E-state index is 5.98. The smallest absolute Gasteiger partial charge is 0.176 e. The lowest BCUT2D eigenvalue weighted by Crippen LogP contribution is -2.27. The summed E-state index contributed by atoms with van der Waals surface area (Å²) >= 11 is 0. The molecule has 1 aliphatic carbocycles. The molecule has 0 aromatic carbocycles. The third-order valence-corrected chi connectivity index (χ3v) is 2.46. The second-order valence-electron chi connectivity index (χ2n) is 5.21. The van der Waals surface area contributed by atoms with Gasteiger partial charge in [-0.3, -0.25) is 0 Å². The standard InChI is InChI=1S/C9H17N5/c1-8(2,3)14-12-7(11-13-14)6-9(10)4-5-9/h4-6,10H2,1-3H3. The van der Waals surface area contributed by atoms with Gasteiger partial charge in [-0.05, 0) is 38.8 Å². The van der Waals surface area contributed by atoms with Gasteiger partial charge in [0.25, 0.3) is 0 Å². The first-order valence-corrected chi connectivity index (χ1v) is 4.97. The molecule has 0 radical (unpaired) electrons. The summed E-state index contributed by atoms with van der Waals surface area (Å²) in [4.78, 5) is 1.65. The first-order valence-electron chi connectivity index (χ1n) is 4.97. The van der Waals surface area contributed by atoms with Gasteiger partial charge in [0, 0.05) is 12.0 Å². The van der Waals surface area contributed by atoms with Gasteiger partial charge in [0.05, 0.1) is 5.54 Å². The zero-order valence-electron chi connectivity index (χ0n) is 8.99. The van der Waals surface area contributed by atoms with Gasteiger partial charge in [-0.15, -0.1) is 10.2 Å². The predicted octanol–water partition coefficient (Wildman–Crippen LogP) is 0.462. The maximum absolute atomic E-state index is 5.98. The lowest BCUT2D eigenvalue weighted by molar-refractivity contribution is 0.305. The van der Waals surface area contributed by atoms with Gasteiger partial charge in [-0.1, -0.05) is 0 Å². The van der Waals surface area contributed by atoms with Crippen molar-refractivity contribution in [2.75, 3.05) is 0 Å². The Bertz CT molecular complexity index is 331. The fourth-order valence-electron chi connectivity index (χ4n) is 1.25. The lowest BCUT2D eigenvalue weighted by atomic mass is 10.1. The van der Waals surface area contributed by atoms with Gasteiger partial charge >= 0.3 is 0 Å². The molecule has 0 bridgehead atoms. The van der Waals surface area contributed by atoms with Crippen LogP contribution in [-0.2, 0) is 12.0 Å². The predicted molar refractivity (Wildman–Crippen MR) is 52.7 cm³/mol. The first kappa shape index (κ1) is 9.58. The quantitative estimate of drug-likeness (QED) is 0.744. The average molecular weight is 195 g/mol. The Morgan fingerprint density at radius 3 is 2.50 bits per heavy atom. The molecule has 2 N–H and O–H groups in total. The zero-order valence-corrected chi connectivity index (χ0v) is 8.99. The molecular weight excluding hydrogens is 178 g/mol. The van der Waals surface area contributed by atoms with E-state index in [4.69, 9.17) is 5.73 Å². The van der Waals surface area contributed by atoms with Gasteiger partial charge < -0.3 is 5.73 Å². The van der Waals surface area contributed by atoms with E-state index >= 15 is 0 Å². The number of tetrazole rings is 1.